The number of nitrogens with one attached hydrogen (secondary N) is 1. The largest absolute Gasteiger partial charge is 0.497 e. The van der Waals surface area contributed by atoms with Crippen molar-refractivity contribution in [2.24, 2.45) is 0 Å². The van der Waals surface area contributed by atoms with Gasteiger partial charge in [-0.1, -0.05) is 0 Å². The van der Waals surface area contributed by atoms with Crippen molar-refractivity contribution in [3.63, 3.8) is 0 Å². The maximum Gasteiger partial charge on any atom is 0.366 e. The highest BCUT2D eigenvalue weighted by Crippen LogP contribution is 2.23. The van der Waals surface area contributed by atoms with E-state index in [9.17, 15) is 4.79 Å². The van der Waals surface area contributed by atoms with Gasteiger partial charge in [0.2, 0.25) is 0 Å². The zero-order chi connectivity index (χ0) is 11.1. The van der Waals surface area contributed by atoms with Gasteiger partial charge in [-0.2, -0.15) is 0 Å². The second kappa shape index (κ2) is 3.10. The van der Waals surface area contributed by atoms with E-state index in [0.29, 0.717) is 10.9 Å². The summed E-state index contributed by atoms with van der Waals surface area (Å²) in [7, 11) is 1.60. The average molecular weight is 216 g/mol. The second-order valence-electron chi connectivity index (χ2n) is 3.42. The van der Waals surface area contributed by atoms with Crippen molar-refractivity contribution in [3.05, 3.63) is 34.8 Å². The standard InChI is InChI=1S/C11H8N2O3/c1-15-6-2-3-7-9(4-6)12-5-8-10(7)13-16-11(8)14/h2-5,13H,1H3. The number of pyridine rings is 1. The number of aromatic nitrogens is 2. The van der Waals surface area contributed by atoms with E-state index in [1.165, 1.54) is 6.20 Å². The number of benzene rings is 1. The van der Waals surface area contributed by atoms with E-state index in [1.807, 2.05) is 12.1 Å². The molecule has 0 aliphatic carbocycles. The molecule has 0 radical (unpaired) electrons. The molecule has 0 saturated carbocycles. The molecule has 16 heavy (non-hydrogen) atoms. The van der Waals surface area contributed by atoms with Gasteiger partial charge >= 0.3 is 5.63 Å². The molecule has 3 rings (SSSR count). The molecule has 0 atom stereocenters. The summed E-state index contributed by atoms with van der Waals surface area (Å²) >= 11 is 0. The Morgan fingerprint density at radius 3 is 3.06 bits per heavy atom. The van der Waals surface area contributed by atoms with Gasteiger partial charge in [0, 0.05) is 17.6 Å². The summed E-state index contributed by atoms with van der Waals surface area (Å²) in [5, 5.41) is 3.89. The third-order valence-corrected chi connectivity index (χ3v) is 2.54. The Kier molecular flexibility index (Phi) is 1.73. The van der Waals surface area contributed by atoms with E-state index in [1.54, 1.807) is 13.2 Å². The van der Waals surface area contributed by atoms with Crippen LogP contribution in [0.5, 0.6) is 5.75 Å². The summed E-state index contributed by atoms with van der Waals surface area (Å²) < 4.78 is 9.83. The van der Waals surface area contributed by atoms with Crippen LogP contribution in [0.15, 0.2) is 33.7 Å². The summed E-state index contributed by atoms with van der Waals surface area (Å²) in [5.74, 6) is 0.727. The SMILES string of the molecule is COc1ccc2c(c1)ncc1c(=O)o[nH]c12. The summed E-state index contributed by atoms with van der Waals surface area (Å²) in [6.45, 7) is 0. The first-order valence-corrected chi connectivity index (χ1v) is 4.73. The molecule has 80 valence electrons. The molecule has 0 bridgehead atoms. The maximum absolute atomic E-state index is 11.3. The van der Waals surface area contributed by atoms with Crippen LogP contribution in [-0.2, 0) is 0 Å². The molecule has 2 heterocycles. The molecule has 0 spiro atoms. The monoisotopic (exact) mass is 216 g/mol. The minimum absolute atomic E-state index is 0.403. The molecule has 2 aromatic heterocycles. The average Bonchev–Trinajstić information content (AvgIpc) is 2.70. The lowest BCUT2D eigenvalue weighted by molar-refractivity contribution is 0.400. The number of H-pyrrole nitrogens is 1. The molecule has 5 heteroatoms. The van der Waals surface area contributed by atoms with E-state index in [-0.39, 0.29) is 0 Å². The number of hydrogen-bond acceptors (Lipinski definition) is 4. The molecular formula is C11H8N2O3. The van der Waals surface area contributed by atoms with Gasteiger partial charge in [0.25, 0.3) is 0 Å². The number of methoxy groups -OCH3 is 1. The lowest BCUT2D eigenvalue weighted by Crippen LogP contribution is -1.92. The first-order valence-electron chi connectivity index (χ1n) is 4.73. The van der Waals surface area contributed by atoms with Crippen LogP contribution in [0, 0.1) is 0 Å². The van der Waals surface area contributed by atoms with Crippen LogP contribution in [0.25, 0.3) is 21.8 Å². The Morgan fingerprint density at radius 2 is 2.25 bits per heavy atom. The third kappa shape index (κ3) is 1.11. The zero-order valence-corrected chi connectivity index (χ0v) is 8.48. The molecule has 0 amide bonds. The topological polar surface area (TPSA) is 68.1 Å². The number of ether oxygens (including phenoxy) is 1. The Bertz CT molecular complexity index is 727. The lowest BCUT2D eigenvalue weighted by atomic mass is 10.1. The molecule has 1 N–H and O–H groups in total. The lowest BCUT2D eigenvalue weighted by Gasteiger charge is -2.01. The maximum atomic E-state index is 11.3. The fourth-order valence-electron chi connectivity index (χ4n) is 1.72. The summed E-state index contributed by atoms with van der Waals surface area (Å²) in [6, 6.07) is 5.46. The van der Waals surface area contributed by atoms with E-state index in [4.69, 9.17) is 9.26 Å². The Morgan fingerprint density at radius 1 is 1.38 bits per heavy atom. The molecule has 0 unspecified atom stereocenters. The van der Waals surface area contributed by atoms with Crippen LogP contribution in [0.2, 0.25) is 0 Å². The quantitative estimate of drug-likeness (QED) is 0.671. The number of hydrogen-bond donors (Lipinski definition) is 1. The van der Waals surface area contributed by atoms with Crippen LogP contribution in [0.3, 0.4) is 0 Å². The Balaban J connectivity index is 2.48. The van der Waals surface area contributed by atoms with Crippen molar-refractivity contribution >= 4 is 21.8 Å². The van der Waals surface area contributed by atoms with E-state index >= 15 is 0 Å². The van der Waals surface area contributed by atoms with Gasteiger partial charge in [-0.05, 0) is 12.1 Å². The summed E-state index contributed by atoms with van der Waals surface area (Å²) in [4.78, 5) is 15.5. The molecule has 1 aromatic carbocycles. The number of rotatable bonds is 1. The highest BCUT2D eigenvalue weighted by Gasteiger charge is 2.08. The predicted molar refractivity (Wildman–Crippen MR) is 58.7 cm³/mol. The highest BCUT2D eigenvalue weighted by atomic mass is 16.5. The first kappa shape index (κ1) is 8.96. The fourth-order valence-corrected chi connectivity index (χ4v) is 1.72. The van der Waals surface area contributed by atoms with Crippen molar-refractivity contribution in [1.29, 1.82) is 0 Å². The normalized spacial score (nSPS) is 11.1. The van der Waals surface area contributed by atoms with Crippen molar-refractivity contribution in [1.82, 2.24) is 10.1 Å². The van der Waals surface area contributed by atoms with Gasteiger partial charge in [-0.25, -0.2) is 9.95 Å². The predicted octanol–water partition coefficient (Wildman–Crippen LogP) is 1.68. The van der Waals surface area contributed by atoms with Gasteiger partial charge in [0.1, 0.15) is 11.1 Å². The van der Waals surface area contributed by atoms with E-state index in [2.05, 4.69) is 10.1 Å². The first-order chi connectivity index (χ1) is 7.79. The summed E-state index contributed by atoms with van der Waals surface area (Å²) in [6.07, 6.45) is 1.50. The number of aromatic amines is 1. The van der Waals surface area contributed by atoms with Crippen molar-refractivity contribution in [2.45, 2.75) is 0 Å². The molecule has 5 nitrogen and oxygen atoms in total. The summed E-state index contributed by atoms with van der Waals surface area (Å²) in [5.41, 5.74) is 1.02. The van der Waals surface area contributed by atoms with Gasteiger partial charge in [0.05, 0.1) is 18.1 Å². The van der Waals surface area contributed by atoms with Gasteiger partial charge < -0.3 is 9.26 Å². The van der Waals surface area contributed by atoms with Crippen molar-refractivity contribution < 1.29 is 9.26 Å². The smallest absolute Gasteiger partial charge is 0.366 e. The van der Waals surface area contributed by atoms with Gasteiger partial charge in [0.15, 0.2) is 0 Å². The van der Waals surface area contributed by atoms with Crippen molar-refractivity contribution in [2.75, 3.05) is 7.11 Å². The molecular weight excluding hydrogens is 208 g/mol. The second-order valence-corrected chi connectivity index (χ2v) is 3.42. The van der Waals surface area contributed by atoms with Gasteiger partial charge in [-0.3, -0.25) is 4.98 Å². The zero-order valence-electron chi connectivity index (χ0n) is 8.48. The van der Waals surface area contributed by atoms with E-state index in [0.717, 1.165) is 16.7 Å². The molecule has 0 saturated heterocycles. The number of nitrogens with zero attached hydrogens (tertiary/aromatic N) is 1. The van der Waals surface area contributed by atoms with Crippen LogP contribution in [-0.4, -0.2) is 17.3 Å². The highest BCUT2D eigenvalue weighted by molar-refractivity contribution is 6.02. The van der Waals surface area contributed by atoms with Crippen LogP contribution in [0.4, 0.5) is 0 Å². The molecule has 3 aromatic rings. The Labute approximate surface area is 89.6 Å². The molecule has 0 aliphatic rings. The van der Waals surface area contributed by atoms with Gasteiger partial charge in [-0.15, -0.1) is 0 Å². The Hall–Kier alpha value is -2.30. The number of fused-ring (bicyclic) bond motifs is 3. The fraction of sp³-hybridized carbons (Fsp3) is 0.0909. The van der Waals surface area contributed by atoms with Crippen LogP contribution in [0.1, 0.15) is 0 Å². The third-order valence-electron chi connectivity index (χ3n) is 2.54. The molecule has 0 aliphatic heterocycles. The van der Waals surface area contributed by atoms with E-state index < -0.39 is 5.63 Å². The van der Waals surface area contributed by atoms with Crippen LogP contribution < -0.4 is 10.4 Å². The minimum Gasteiger partial charge on any atom is -0.497 e. The minimum atomic E-state index is -0.403. The van der Waals surface area contributed by atoms with Crippen LogP contribution >= 0.6 is 0 Å². The van der Waals surface area contributed by atoms with Crippen molar-refractivity contribution in [3.8, 4) is 5.75 Å². The molecule has 0 fully saturated rings.